The minimum atomic E-state index is -3.29. The summed E-state index contributed by atoms with van der Waals surface area (Å²) in [4.78, 5) is 14.4. The topological polar surface area (TPSA) is 67.0 Å². The van der Waals surface area contributed by atoms with E-state index in [1.807, 2.05) is 0 Å². The summed E-state index contributed by atoms with van der Waals surface area (Å²) in [5, 5.41) is 3.59. The molecule has 0 atom stereocenters. The number of aromatic nitrogens is 1. The molecule has 2 rings (SSSR count). The molecule has 0 fully saturated rings. The average molecular weight is 255 g/mol. The van der Waals surface area contributed by atoms with E-state index in [1.165, 1.54) is 23.5 Å². The second-order valence-corrected chi connectivity index (χ2v) is 6.11. The first-order chi connectivity index (χ1) is 7.48. The van der Waals surface area contributed by atoms with Crippen LogP contribution in [0.15, 0.2) is 34.0 Å². The Morgan fingerprint density at radius 2 is 2.06 bits per heavy atom. The van der Waals surface area contributed by atoms with Crippen molar-refractivity contribution in [3.63, 3.8) is 0 Å². The monoisotopic (exact) mass is 255 g/mol. The predicted molar refractivity (Wildman–Crippen MR) is 61.7 cm³/mol. The number of carbonyl (C=O) groups is 1. The molecule has 0 spiro atoms. The van der Waals surface area contributed by atoms with Gasteiger partial charge >= 0.3 is 0 Å². The lowest BCUT2D eigenvalue weighted by Gasteiger charge is -1.94. The van der Waals surface area contributed by atoms with Gasteiger partial charge in [0.25, 0.3) is 0 Å². The first kappa shape index (κ1) is 11.1. The van der Waals surface area contributed by atoms with E-state index in [4.69, 9.17) is 0 Å². The molecule has 4 nitrogen and oxygen atoms in total. The van der Waals surface area contributed by atoms with Crippen LogP contribution in [0.2, 0.25) is 0 Å². The van der Waals surface area contributed by atoms with E-state index in [2.05, 4.69) is 4.98 Å². The Morgan fingerprint density at radius 1 is 1.31 bits per heavy atom. The van der Waals surface area contributed by atoms with Crippen molar-refractivity contribution in [3.05, 3.63) is 40.2 Å². The Morgan fingerprint density at radius 3 is 2.56 bits per heavy atom. The Hall–Kier alpha value is -1.40. The maximum atomic E-state index is 11.8. The van der Waals surface area contributed by atoms with Crippen LogP contribution in [0.5, 0.6) is 0 Å². The summed E-state index contributed by atoms with van der Waals surface area (Å²) in [6, 6.07) is 4.58. The number of hydrogen-bond acceptors (Lipinski definition) is 4. The van der Waals surface area contributed by atoms with Gasteiger partial charge in [0.1, 0.15) is 5.03 Å². The minimum Gasteiger partial charge on any atom is -0.343 e. The predicted octanol–water partition coefficient (Wildman–Crippen LogP) is 1.71. The minimum absolute atomic E-state index is 0.0612. The molecule has 0 saturated carbocycles. The summed E-state index contributed by atoms with van der Waals surface area (Å²) >= 11 is 1.42. The Kier molecular flexibility index (Phi) is 2.69. The molecule has 2 heterocycles. The van der Waals surface area contributed by atoms with E-state index in [0.717, 1.165) is 6.26 Å². The lowest BCUT2D eigenvalue weighted by atomic mass is 10.2. The van der Waals surface area contributed by atoms with Crippen molar-refractivity contribution in [2.45, 2.75) is 5.03 Å². The number of ketones is 1. The summed E-state index contributed by atoms with van der Waals surface area (Å²) in [7, 11) is -3.29. The number of carbonyl (C=O) groups excluding carboxylic acids is 1. The fourth-order valence-electron chi connectivity index (χ4n) is 1.27. The zero-order valence-electron chi connectivity index (χ0n) is 8.43. The number of aromatic amines is 1. The normalized spacial score (nSPS) is 11.6. The largest absolute Gasteiger partial charge is 0.343 e. The maximum Gasteiger partial charge on any atom is 0.210 e. The molecule has 0 aromatic carbocycles. The molecule has 6 heteroatoms. The molecule has 0 unspecified atom stereocenters. The molecular weight excluding hydrogens is 246 g/mol. The molecule has 0 bridgehead atoms. The summed E-state index contributed by atoms with van der Waals surface area (Å²) in [5.41, 5.74) is 0.853. The van der Waals surface area contributed by atoms with Crippen molar-refractivity contribution in [1.82, 2.24) is 4.98 Å². The number of thiophene rings is 1. The van der Waals surface area contributed by atoms with Crippen LogP contribution in [-0.4, -0.2) is 25.4 Å². The van der Waals surface area contributed by atoms with Crippen LogP contribution < -0.4 is 0 Å². The summed E-state index contributed by atoms with van der Waals surface area (Å²) < 4.78 is 22.4. The van der Waals surface area contributed by atoms with Gasteiger partial charge in [-0.25, -0.2) is 8.42 Å². The fraction of sp³-hybridized carbons (Fsp3) is 0.100. The molecule has 0 aliphatic heterocycles. The highest BCUT2D eigenvalue weighted by atomic mass is 32.2. The average Bonchev–Trinajstić information content (AvgIpc) is 2.87. The molecule has 84 valence electrons. The molecule has 0 saturated heterocycles. The molecule has 1 N–H and O–H groups in total. The first-order valence-corrected chi connectivity index (χ1v) is 7.28. The van der Waals surface area contributed by atoms with E-state index < -0.39 is 9.84 Å². The third kappa shape index (κ3) is 2.07. The second-order valence-electron chi connectivity index (χ2n) is 3.35. The van der Waals surface area contributed by atoms with Gasteiger partial charge < -0.3 is 4.98 Å². The van der Waals surface area contributed by atoms with Crippen molar-refractivity contribution in [2.24, 2.45) is 0 Å². The third-order valence-electron chi connectivity index (χ3n) is 2.09. The Balaban J connectivity index is 2.37. The molecule has 0 aliphatic carbocycles. The lowest BCUT2D eigenvalue weighted by Crippen LogP contribution is -2.02. The van der Waals surface area contributed by atoms with Gasteiger partial charge in [0.2, 0.25) is 5.78 Å². The quantitative estimate of drug-likeness (QED) is 0.849. The van der Waals surface area contributed by atoms with Gasteiger partial charge in [-0.15, -0.1) is 0 Å². The number of rotatable bonds is 3. The summed E-state index contributed by atoms with van der Waals surface area (Å²) in [6.45, 7) is 0. The molecule has 2 aromatic heterocycles. The van der Waals surface area contributed by atoms with Gasteiger partial charge in [-0.2, -0.15) is 11.3 Å². The van der Waals surface area contributed by atoms with Crippen LogP contribution in [0.4, 0.5) is 0 Å². The SMILES string of the molecule is CS(=O)(=O)c1ccc(C(=O)c2ccsc2)[nH]1. The number of H-pyrrole nitrogens is 1. The van der Waals surface area contributed by atoms with Crippen LogP contribution in [0.3, 0.4) is 0 Å². The first-order valence-electron chi connectivity index (χ1n) is 4.44. The standard InChI is InChI=1S/C10H9NO3S2/c1-16(13,14)9-3-2-8(11-9)10(12)7-4-5-15-6-7/h2-6,11H,1H3. The Labute approximate surface area is 96.9 Å². The highest BCUT2D eigenvalue weighted by Crippen LogP contribution is 2.14. The highest BCUT2D eigenvalue weighted by molar-refractivity contribution is 7.90. The van der Waals surface area contributed by atoms with Crippen LogP contribution in [0, 0.1) is 0 Å². The van der Waals surface area contributed by atoms with E-state index in [9.17, 15) is 13.2 Å². The number of nitrogens with one attached hydrogen (secondary N) is 1. The fourth-order valence-corrected chi connectivity index (χ4v) is 2.52. The molecule has 16 heavy (non-hydrogen) atoms. The van der Waals surface area contributed by atoms with Crippen molar-refractivity contribution >= 4 is 27.0 Å². The van der Waals surface area contributed by atoms with E-state index >= 15 is 0 Å². The van der Waals surface area contributed by atoms with Crippen LogP contribution in [-0.2, 0) is 9.84 Å². The van der Waals surface area contributed by atoms with Crippen LogP contribution in [0.1, 0.15) is 16.1 Å². The van der Waals surface area contributed by atoms with Gasteiger partial charge in [0, 0.05) is 17.2 Å². The smallest absolute Gasteiger partial charge is 0.210 e. The number of hydrogen-bond donors (Lipinski definition) is 1. The van der Waals surface area contributed by atoms with E-state index in [1.54, 1.807) is 16.8 Å². The molecule has 0 aliphatic rings. The van der Waals surface area contributed by atoms with Gasteiger partial charge in [-0.3, -0.25) is 4.79 Å². The van der Waals surface area contributed by atoms with Crippen LogP contribution in [0.25, 0.3) is 0 Å². The second kappa shape index (κ2) is 3.88. The summed E-state index contributed by atoms with van der Waals surface area (Å²) in [5.74, 6) is -0.198. The van der Waals surface area contributed by atoms with Crippen molar-refractivity contribution in [3.8, 4) is 0 Å². The lowest BCUT2D eigenvalue weighted by molar-refractivity contribution is 0.103. The van der Waals surface area contributed by atoms with Gasteiger partial charge in [-0.1, -0.05) is 0 Å². The maximum absolute atomic E-state index is 11.8. The molecular formula is C10H9NO3S2. The zero-order chi connectivity index (χ0) is 11.8. The van der Waals surface area contributed by atoms with Gasteiger partial charge in [-0.05, 0) is 23.6 Å². The highest BCUT2D eigenvalue weighted by Gasteiger charge is 2.15. The molecule has 2 aromatic rings. The summed E-state index contributed by atoms with van der Waals surface area (Å²) in [6.07, 6.45) is 1.09. The number of sulfone groups is 1. The third-order valence-corrected chi connectivity index (χ3v) is 3.81. The van der Waals surface area contributed by atoms with E-state index in [0.29, 0.717) is 11.3 Å². The van der Waals surface area contributed by atoms with E-state index in [-0.39, 0.29) is 10.8 Å². The molecule has 0 radical (unpaired) electrons. The zero-order valence-corrected chi connectivity index (χ0v) is 10.1. The van der Waals surface area contributed by atoms with Crippen molar-refractivity contribution < 1.29 is 13.2 Å². The Bertz CT molecular complexity index is 608. The van der Waals surface area contributed by atoms with Crippen LogP contribution >= 0.6 is 11.3 Å². The van der Waals surface area contributed by atoms with Gasteiger partial charge in [0.15, 0.2) is 9.84 Å². The van der Waals surface area contributed by atoms with Crippen molar-refractivity contribution in [1.29, 1.82) is 0 Å². The van der Waals surface area contributed by atoms with Gasteiger partial charge in [0.05, 0.1) is 5.69 Å². The van der Waals surface area contributed by atoms with Crippen molar-refractivity contribution in [2.75, 3.05) is 6.26 Å². The molecule has 0 amide bonds.